The maximum Gasteiger partial charge on any atom is -0.00853 e. The van der Waals surface area contributed by atoms with Crippen LogP contribution in [0.25, 0.3) is 6.08 Å². The summed E-state index contributed by atoms with van der Waals surface area (Å²) in [6, 6.07) is 15.3. The van der Waals surface area contributed by atoms with Crippen molar-refractivity contribution < 1.29 is 0 Å². The molecule has 18 heavy (non-hydrogen) atoms. The van der Waals surface area contributed by atoms with E-state index in [0.717, 1.165) is 19.3 Å². The summed E-state index contributed by atoms with van der Waals surface area (Å²) in [4.78, 5) is 0. The number of hydrogen-bond donors (Lipinski definition) is 0. The molecule has 90 valence electrons. The van der Waals surface area contributed by atoms with Crippen molar-refractivity contribution in [1.82, 2.24) is 0 Å². The predicted molar refractivity (Wildman–Crippen MR) is 77.8 cm³/mol. The van der Waals surface area contributed by atoms with Gasteiger partial charge < -0.3 is 0 Å². The molecule has 2 aromatic rings. The van der Waals surface area contributed by atoms with Gasteiger partial charge >= 0.3 is 0 Å². The number of rotatable bonds is 3. The van der Waals surface area contributed by atoms with Crippen molar-refractivity contribution in [1.29, 1.82) is 0 Å². The molecular formula is C18H18. The van der Waals surface area contributed by atoms with Crippen LogP contribution in [0.5, 0.6) is 0 Å². The largest absolute Gasteiger partial charge is 0.0795 e. The molecular weight excluding hydrogens is 216 g/mol. The van der Waals surface area contributed by atoms with E-state index >= 15 is 0 Å². The highest BCUT2D eigenvalue weighted by atomic mass is 14.2. The standard InChI is InChI=1S/C18H18/c1-14-10-12-16(18-9-5-8-17(14)18)13-11-15-6-3-2-4-7-15/h2-8,10,12H,9,11,13H2,1H3. The van der Waals surface area contributed by atoms with Crippen molar-refractivity contribution in [2.75, 3.05) is 0 Å². The molecule has 1 aliphatic carbocycles. The Hall–Kier alpha value is -1.82. The van der Waals surface area contributed by atoms with Crippen molar-refractivity contribution in [3.63, 3.8) is 0 Å². The fraction of sp³-hybridized carbons (Fsp3) is 0.222. The Labute approximate surface area is 109 Å². The van der Waals surface area contributed by atoms with Gasteiger partial charge in [0.25, 0.3) is 0 Å². The molecule has 0 saturated carbocycles. The number of allylic oxidation sites excluding steroid dienone is 1. The summed E-state index contributed by atoms with van der Waals surface area (Å²) in [5, 5.41) is 0. The lowest BCUT2D eigenvalue weighted by molar-refractivity contribution is 0.941. The minimum absolute atomic E-state index is 1.11. The van der Waals surface area contributed by atoms with Crippen molar-refractivity contribution in [2.45, 2.75) is 26.2 Å². The molecule has 0 amide bonds. The second kappa shape index (κ2) is 4.81. The lowest BCUT2D eigenvalue weighted by Gasteiger charge is -2.11. The Kier molecular flexibility index (Phi) is 3.02. The third-order valence-corrected chi connectivity index (χ3v) is 3.80. The average Bonchev–Trinajstić information content (AvgIpc) is 2.90. The monoisotopic (exact) mass is 234 g/mol. The van der Waals surface area contributed by atoms with Crippen molar-refractivity contribution in [3.8, 4) is 0 Å². The molecule has 0 spiro atoms. The van der Waals surface area contributed by atoms with Gasteiger partial charge in [-0.2, -0.15) is 0 Å². The van der Waals surface area contributed by atoms with Crippen LogP contribution >= 0.6 is 0 Å². The molecule has 0 aliphatic heterocycles. The molecule has 0 saturated heterocycles. The Morgan fingerprint density at radius 3 is 2.61 bits per heavy atom. The van der Waals surface area contributed by atoms with Crippen molar-refractivity contribution >= 4 is 6.08 Å². The summed E-state index contributed by atoms with van der Waals surface area (Å²) < 4.78 is 0. The third-order valence-electron chi connectivity index (χ3n) is 3.80. The second-order valence-corrected chi connectivity index (χ2v) is 5.03. The number of hydrogen-bond acceptors (Lipinski definition) is 0. The molecule has 1 aliphatic rings. The van der Waals surface area contributed by atoms with Gasteiger partial charge in [0.15, 0.2) is 0 Å². The highest BCUT2D eigenvalue weighted by molar-refractivity contribution is 5.65. The highest BCUT2D eigenvalue weighted by Gasteiger charge is 2.12. The summed E-state index contributed by atoms with van der Waals surface area (Å²) in [7, 11) is 0. The molecule has 0 nitrogen and oxygen atoms in total. The molecule has 0 radical (unpaired) electrons. The van der Waals surface area contributed by atoms with Crippen LogP contribution in [0.4, 0.5) is 0 Å². The van der Waals surface area contributed by atoms with Gasteiger partial charge in [0.2, 0.25) is 0 Å². The molecule has 0 atom stereocenters. The molecule has 0 heteroatoms. The molecule has 0 aromatic heterocycles. The zero-order valence-corrected chi connectivity index (χ0v) is 10.8. The molecule has 3 rings (SSSR count). The Bertz CT molecular complexity index is 576. The Balaban J connectivity index is 1.81. The van der Waals surface area contributed by atoms with Gasteiger partial charge in [-0.3, -0.25) is 0 Å². The SMILES string of the molecule is Cc1ccc(CCc2ccccc2)c2c1C=CC2. The van der Waals surface area contributed by atoms with E-state index in [4.69, 9.17) is 0 Å². The van der Waals surface area contributed by atoms with E-state index in [9.17, 15) is 0 Å². The van der Waals surface area contributed by atoms with Gasteiger partial charge in [0, 0.05) is 0 Å². The van der Waals surface area contributed by atoms with Crippen LogP contribution in [-0.2, 0) is 19.3 Å². The number of fused-ring (bicyclic) bond motifs is 1. The highest BCUT2D eigenvalue weighted by Crippen LogP contribution is 2.27. The second-order valence-electron chi connectivity index (χ2n) is 5.03. The molecule has 0 unspecified atom stereocenters. The van der Waals surface area contributed by atoms with E-state index in [0.29, 0.717) is 0 Å². The molecule has 0 fully saturated rings. The van der Waals surface area contributed by atoms with Gasteiger partial charge in [0.1, 0.15) is 0 Å². The first-order valence-corrected chi connectivity index (χ1v) is 6.66. The predicted octanol–water partition coefficient (Wildman–Crippen LogP) is 4.35. The third kappa shape index (κ3) is 2.11. The number of benzene rings is 2. The van der Waals surface area contributed by atoms with Crippen molar-refractivity contribution in [2.24, 2.45) is 0 Å². The summed E-state index contributed by atoms with van der Waals surface area (Å²) >= 11 is 0. The molecule has 2 aromatic carbocycles. The van der Waals surface area contributed by atoms with Crippen LogP contribution in [0.2, 0.25) is 0 Å². The zero-order chi connectivity index (χ0) is 12.4. The van der Waals surface area contributed by atoms with Crippen LogP contribution in [0.15, 0.2) is 48.5 Å². The summed E-state index contributed by atoms with van der Waals surface area (Å²) in [6.07, 6.45) is 7.95. The van der Waals surface area contributed by atoms with Gasteiger partial charge in [-0.15, -0.1) is 0 Å². The van der Waals surface area contributed by atoms with Crippen LogP contribution in [0.1, 0.15) is 27.8 Å². The average molecular weight is 234 g/mol. The minimum Gasteiger partial charge on any atom is -0.0795 e. The van der Waals surface area contributed by atoms with E-state index in [2.05, 4.69) is 61.5 Å². The summed E-state index contributed by atoms with van der Waals surface area (Å²) in [5.41, 5.74) is 7.36. The zero-order valence-electron chi connectivity index (χ0n) is 10.8. The van der Waals surface area contributed by atoms with Gasteiger partial charge in [-0.25, -0.2) is 0 Å². The Morgan fingerprint density at radius 2 is 1.78 bits per heavy atom. The van der Waals surface area contributed by atoms with Gasteiger partial charge in [-0.1, -0.05) is 54.6 Å². The van der Waals surface area contributed by atoms with Gasteiger partial charge in [-0.05, 0) is 54.0 Å². The lowest BCUT2D eigenvalue weighted by atomic mass is 9.94. The van der Waals surface area contributed by atoms with Crippen molar-refractivity contribution in [3.05, 3.63) is 76.4 Å². The normalized spacial score (nSPS) is 12.7. The summed E-state index contributed by atoms with van der Waals surface area (Å²) in [6.45, 7) is 2.20. The van der Waals surface area contributed by atoms with E-state index in [1.165, 1.54) is 22.3 Å². The fourth-order valence-electron chi connectivity index (χ4n) is 2.75. The van der Waals surface area contributed by atoms with Crippen LogP contribution in [0, 0.1) is 6.92 Å². The maximum atomic E-state index is 2.31. The quantitative estimate of drug-likeness (QED) is 0.740. The first kappa shape index (κ1) is 11.3. The topological polar surface area (TPSA) is 0 Å². The molecule has 0 heterocycles. The fourth-order valence-corrected chi connectivity index (χ4v) is 2.75. The molecule has 0 bridgehead atoms. The van der Waals surface area contributed by atoms with Crippen LogP contribution < -0.4 is 0 Å². The maximum absolute atomic E-state index is 2.31. The molecule has 0 N–H and O–H groups in total. The first-order chi connectivity index (χ1) is 8.84. The first-order valence-electron chi connectivity index (χ1n) is 6.66. The van der Waals surface area contributed by atoms with Gasteiger partial charge in [0.05, 0.1) is 0 Å². The van der Waals surface area contributed by atoms with Crippen LogP contribution in [-0.4, -0.2) is 0 Å². The van der Waals surface area contributed by atoms with Crippen LogP contribution in [0.3, 0.4) is 0 Å². The van der Waals surface area contributed by atoms with E-state index < -0.39 is 0 Å². The minimum atomic E-state index is 1.11. The summed E-state index contributed by atoms with van der Waals surface area (Å²) in [5.74, 6) is 0. The Morgan fingerprint density at radius 1 is 0.944 bits per heavy atom. The van der Waals surface area contributed by atoms with E-state index in [-0.39, 0.29) is 0 Å². The number of aryl methyl sites for hydroxylation is 3. The van der Waals surface area contributed by atoms with E-state index in [1.807, 2.05) is 0 Å². The van der Waals surface area contributed by atoms with E-state index in [1.54, 1.807) is 5.56 Å². The smallest absolute Gasteiger partial charge is 0.00853 e. The lowest BCUT2D eigenvalue weighted by Crippen LogP contribution is -1.98.